The van der Waals surface area contributed by atoms with Gasteiger partial charge < -0.3 is 18.9 Å². The summed E-state index contributed by atoms with van der Waals surface area (Å²) in [5.74, 6) is 2.68. The SMILES string of the molecule is COc1ccc(CCN2CCC(c3nc4ccccc4n3CCOC(C)C)CC2)cc1. The van der Waals surface area contributed by atoms with Gasteiger partial charge in [0.25, 0.3) is 0 Å². The highest BCUT2D eigenvalue weighted by atomic mass is 16.5. The van der Waals surface area contributed by atoms with Crippen molar-refractivity contribution in [2.24, 2.45) is 0 Å². The van der Waals surface area contributed by atoms with E-state index in [-0.39, 0.29) is 6.10 Å². The van der Waals surface area contributed by atoms with Gasteiger partial charge >= 0.3 is 0 Å². The van der Waals surface area contributed by atoms with E-state index in [9.17, 15) is 0 Å². The third-order valence-electron chi connectivity index (χ3n) is 6.28. The Morgan fingerprint density at radius 2 is 1.74 bits per heavy atom. The summed E-state index contributed by atoms with van der Waals surface area (Å²) < 4.78 is 13.5. The van der Waals surface area contributed by atoms with E-state index in [1.54, 1.807) is 7.11 Å². The maximum Gasteiger partial charge on any atom is 0.118 e. The number of imidazole rings is 1. The van der Waals surface area contributed by atoms with Gasteiger partial charge in [0.05, 0.1) is 30.9 Å². The van der Waals surface area contributed by atoms with Crippen molar-refractivity contribution >= 4 is 11.0 Å². The Hall–Kier alpha value is -2.37. The molecule has 3 aromatic rings. The van der Waals surface area contributed by atoms with Crippen LogP contribution in [-0.2, 0) is 17.7 Å². The van der Waals surface area contributed by atoms with Gasteiger partial charge in [0.15, 0.2) is 0 Å². The van der Waals surface area contributed by atoms with E-state index >= 15 is 0 Å². The van der Waals surface area contributed by atoms with Gasteiger partial charge in [0.2, 0.25) is 0 Å². The Kier molecular flexibility index (Phi) is 7.25. The molecule has 0 unspecified atom stereocenters. The number of hydrogen-bond donors (Lipinski definition) is 0. The van der Waals surface area contributed by atoms with E-state index in [2.05, 4.69) is 71.8 Å². The minimum atomic E-state index is 0.257. The lowest BCUT2D eigenvalue weighted by Gasteiger charge is -2.32. The lowest BCUT2D eigenvalue weighted by molar-refractivity contribution is 0.0724. The molecule has 1 fully saturated rings. The second kappa shape index (κ2) is 10.3. The summed E-state index contributed by atoms with van der Waals surface area (Å²) in [6, 6.07) is 16.9. The van der Waals surface area contributed by atoms with Crippen molar-refractivity contribution in [2.75, 3.05) is 33.4 Å². The van der Waals surface area contributed by atoms with Crippen molar-refractivity contribution in [1.29, 1.82) is 0 Å². The summed E-state index contributed by atoms with van der Waals surface area (Å²) >= 11 is 0. The van der Waals surface area contributed by atoms with Crippen LogP contribution in [0.5, 0.6) is 5.75 Å². The molecule has 31 heavy (non-hydrogen) atoms. The number of aromatic nitrogens is 2. The first-order valence-corrected chi connectivity index (χ1v) is 11.6. The molecule has 2 heterocycles. The van der Waals surface area contributed by atoms with Crippen LogP contribution in [-0.4, -0.2) is 53.9 Å². The average molecular weight is 422 g/mol. The molecule has 1 aromatic heterocycles. The van der Waals surface area contributed by atoms with Gasteiger partial charge in [-0.1, -0.05) is 24.3 Å². The predicted molar refractivity (Wildman–Crippen MR) is 126 cm³/mol. The van der Waals surface area contributed by atoms with Crippen molar-refractivity contribution in [3.8, 4) is 5.75 Å². The first-order valence-electron chi connectivity index (χ1n) is 11.6. The first kappa shape index (κ1) is 21.8. The zero-order valence-electron chi connectivity index (χ0n) is 19.1. The van der Waals surface area contributed by atoms with Gasteiger partial charge in [-0.2, -0.15) is 0 Å². The van der Waals surface area contributed by atoms with Crippen molar-refractivity contribution in [3.63, 3.8) is 0 Å². The molecule has 0 aliphatic carbocycles. The largest absolute Gasteiger partial charge is 0.497 e. The van der Waals surface area contributed by atoms with Gasteiger partial charge in [-0.3, -0.25) is 0 Å². The minimum absolute atomic E-state index is 0.257. The molecule has 0 saturated carbocycles. The highest BCUT2D eigenvalue weighted by Gasteiger charge is 2.25. The zero-order chi connectivity index (χ0) is 21.6. The van der Waals surface area contributed by atoms with Crippen molar-refractivity contribution in [1.82, 2.24) is 14.5 Å². The summed E-state index contributed by atoms with van der Waals surface area (Å²) in [6.45, 7) is 9.15. The van der Waals surface area contributed by atoms with Crippen LogP contribution in [0.25, 0.3) is 11.0 Å². The van der Waals surface area contributed by atoms with Crippen LogP contribution in [0.15, 0.2) is 48.5 Å². The summed E-state index contributed by atoms with van der Waals surface area (Å²) in [7, 11) is 1.71. The fourth-order valence-electron chi connectivity index (χ4n) is 4.51. The zero-order valence-corrected chi connectivity index (χ0v) is 19.1. The molecular formula is C26H35N3O2. The molecule has 1 aliphatic heterocycles. The fourth-order valence-corrected chi connectivity index (χ4v) is 4.51. The number of hydrogen-bond acceptors (Lipinski definition) is 4. The normalized spacial score (nSPS) is 15.7. The van der Waals surface area contributed by atoms with Crippen LogP contribution in [0.3, 0.4) is 0 Å². The van der Waals surface area contributed by atoms with Crippen molar-refractivity contribution < 1.29 is 9.47 Å². The van der Waals surface area contributed by atoms with Crippen LogP contribution < -0.4 is 4.74 Å². The highest BCUT2D eigenvalue weighted by molar-refractivity contribution is 5.76. The smallest absolute Gasteiger partial charge is 0.118 e. The van der Waals surface area contributed by atoms with Gasteiger partial charge in [0, 0.05) is 19.0 Å². The minimum Gasteiger partial charge on any atom is -0.497 e. The molecule has 0 spiro atoms. The van der Waals surface area contributed by atoms with Crippen LogP contribution in [0.1, 0.15) is 44.0 Å². The molecule has 5 heteroatoms. The second-order valence-corrected chi connectivity index (χ2v) is 8.74. The molecule has 166 valence electrons. The lowest BCUT2D eigenvalue weighted by atomic mass is 9.95. The number of piperidine rings is 1. The molecule has 0 amide bonds. The lowest BCUT2D eigenvalue weighted by Crippen LogP contribution is -2.35. The van der Waals surface area contributed by atoms with E-state index in [4.69, 9.17) is 14.5 Å². The summed E-state index contributed by atoms with van der Waals surface area (Å²) in [4.78, 5) is 7.64. The van der Waals surface area contributed by atoms with Crippen LogP contribution >= 0.6 is 0 Å². The predicted octanol–water partition coefficient (Wildman–Crippen LogP) is 4.89. The van der Waals surface area contributed by atoms with Crippen molar-refractivity contribution in [3.05, 3.63) is 59.9 Å². The molecular weight excluding hydrogens is 386 g/mol. The van der Waals surface area contributed by atoms with Gasteiger partial charge in [0.1, 0.15) is 11.6 Å². The number of methoxy groups -OCH3 is 1. The molecule has 2 aromatic carbocycles. The summed E-state index contributed by atoms with van der Waals surface area (Å²) in [5, 5.41) is 0. The molecule has 5 nitrogen and oxygen atoms in total. The Labute approximate surface area is 186 Å². The maximum atomic E-state index is 5.85. The summed E-state index contributed by atoms with van der Waals surface area (Å²) in [5.41, 5.74) is 3.70. The number of benzene rings is 2. The molecule has 1 saturated heterocycles. The summed E-state index contributed by atoms with van der Waals surface area (Å²) in [6.07, 6.45) is 3.67. The third kappa shape index (κ3) is 5.46. The number of nitrogens with zero attached hydrogens (tertiary/aromatic N) is 3. The quantitative estimate of drug-likeness (QED) is 0.493. The van der Waals surface area contributed by atoms with Gasteiger partial charge in [-0.15, -0.1) is 0 Å². The van der Waals surface area contributed by atoms with Gasteiger partial charge in [-0.05, 0) is 76.0 Å². The molecule has 1 aliphatic rings. The molecule has 0 bridgehead atoms. The van der Waals surface area contributed by atoms with Gasteiger partial charge in [-0.25, -0.2) is 4.98 Å². The van der Waals surface area contributed by atoms with Crippen LogP contribution in [0.2, 0.25) is 0 Å². The molecule has 4 rings (SSSR count). The molecule has 0 N–H and O–H groups in total. The fraction of sp³-hybridized carbons (Fsp3) is 0.500. The van der Waals surface area contributed by atoms with Crippen molar-refractivity contribution in [2.45, 2.75) is 51.7 Å². The van der Waals surface area contributed by atoms with E-state index in [1.807, 2.05) is 0 Å². The second-order valence-electron chi connectivity index (χ2n) is 8.74. The Balaban J connectivity index is 1.37. The molecule has 0 radical (unpaired) electrons. The average Bonchev–Trinajstić information content (AvgIpc) is 3.17. The number of likely N-dealkylation sites (tertiary alicyclic amines) is 1. The topological polar surface area (TPSA) is 39.5 Å². The number of ether oxygens (including phenoxy) is 2. The van der Waals surface area contributed by atoms with E-state index in [0.717, 1.165) is 63.3 Å². The Morgan fingerprint density at radius 1 is 1.00 bits per heavy atom. The Bertz CT molecular complexity index is 956. The maximum absolute atomic E-state index is 5.85. The van der Waals surface area contributed by atoms with Crippen LogP contribution in [0, 0.1) is 0 Å². The third-order valence-corrected chi connectivity index (χ3v) is 6.28. The van der Waals surface area contributed by atoms with E-state index in [0.29, 0.717) is 5.92 Å². The Morgan fingerprint density at radius 3 is 2.45 bits per heavy atom. The number of fused-ring (bicyclic) bond motifs is 1. The number of rotatable bonds is 9. The molecule has 0 atom stereocenters. The monoisotopic (exact) mass is 421 g/mol. The van der Waals surface area contributed by atoms with E-state index in [1.165, 1.54) is 16.9 Å². The van der Waals surface area contributed by atoms with E-state index < -0.39 is 0 Å². The standard InChI is InChI=1S/C26H35N3O2/c1-20(2)31-19-18-29-25-7-5-4-6-24(25)27-26(29)22-13-16-28(17-14-22)15-12-21-8-10-23(30-3)11-9-21/h4-11,20,22H,12-19H2,1-3H3. The highest BCUT2D eigenvalue weighted by Crippen LogP contribution is 2.30. The number of para-hydroxylation sites is 2. The van der Waals surface area contributed by atoms with Crippen LogP contribution in [0.4, 0.5) is 0 Å². The first-order chi connectivity index (χ1) is 15.1.